The summed E-state index contributed by atoms with van der Waals surface area (Å²) in [6, 6.07) is 11.0. The van der Waals surface area contributed by atoms with Crippen molar-refractivity contribution in [3.63, 3.8) is 0 Å². The van der Waals surface area contributed by atoms with E-state index in [0.29, 0.717) is 22.2 Å². The van der Waals surface area contributed by atoms with E-state index in [9.17, 15) is 4.79 Å². The number of aromatic nitrogens is 1. The molecule has 0 amide bonds. The standard InChI is InChI=1S/C20H17Cl2NO2/c1-2-3-10-25-20(24)14-5-4-13-6-7-17(21)19(16(13)11-14)15-8-9-23-12-18(15)22/h4-9,11-12H,2-3,10H2,1H3. The van der Waals surface area contributed by atoms with Crippen LogP contribution in [0, 0.1) is 0 Å². The summed E-state index contributed by atoms with van der Waals surface area (Å²) in [6.07, 6.45) is 5.07. The summed E-state index contributed by atoms with van der Waals surface area (Å²) in [5.41, 5.74) is 2.07. The summed E-state index contributed by atoms with van der Waals surface area (Å²) < 4.78 is 5.31. The maximum atomic E-state index is 12.3. The first-order chi connectivity index (χ1) is 12.1. The minimum absolute atomic E-state index is 0.331. The topological polar surface area (TPSA) is 39.2 Å². The third-order valence-electron chi connectivity index (χ3n) is 3.98. The van der Waals surface area contributed by atoms with Crippen molar-refractivity contribution in [1.29, 1.82) is 0 Å². The Morgan fingerprint density at radius 1 is 1.12 bits per heavy atom. The maximum Gasteiger partial charge on any atom is 0.338 e. The van der Waals surface area contributed by atoms with Crippen LogP contribution < -0.4 is 0 Å². The summed E-state index contributed by atoms with van der Waals surface area (Å²) in [5, 5.41) is 2.90. The van der Waals surface area contributed by atoms with Gasteiger partial charge in [0.2, 0.25) is 0 Å². The van der Waals surface area contributed by atoms with Gasteiger partial charge in [-0.05, 0) is 41.5 Å². The monoisotopic (exact) mass is 373 g/mol. The van der Waals surface area contributed by atoms with Crippen molar-refractivity contribution in [2.24, 2.45) is 0 Å². The first-order valence-corrected chi connectivity index (χ1v) is 8.86. The molecule has 0 aliphatic heterocycles. The Kier molecular flexibility index (Phi) is 5.57. The van der Waals surface area contributed by atoms with Gasteiger partial charge in [-0.3, -0.25) is 4.98 Å². The molecule has 2 aromatic carbocycles. The zero-order valence-corrected chi connectivity index (χ0v) is 15.3. The summed E-state index contributed by atoms with van der Waals surface area (Å²) >= 11 is 12.8. The Bertz CT molecular complexity index is 925. The van der Waals surface area contributed by atoms with Crippen LogP contribution in [0.25, 0.3) is 21.9 Å². The first-order valence-electron chi connectivity index (χ1n) is 8.11. The van der Waals surface area contributed by atoms with E-state index in [1.807, 2.05) is 30.3 Å². The number of esters is 1. The molecular formula is C20H17Cl2NO2. The number of carbonyl (C=O) groups is 1. The Morgan fingerprint density at radius 3 is 2.68 bits per heavy atom. The molecule has 25 heavy (non-hydrogen) atoms. The second-order valence-corrected chi connectivity index (χ2v) is 6.52. The van der Waals surface area contributed by atoms with Gasteiger partial charge in [0.25, 0.3) is 0 Å². The molecule has 3 rings (SSSR count). The van der Waals surface area contributed by atoms with Crippen LogP contribution in [0.2, 0.25) is 10.0 Å². The average molecular weight is 374 g/mol. The van der Waals surface area contributed by atoms with E-state index in [1.165, 1.54) is 0 Å². The maximum absolute atomic E-state index is 12.3. The van der Waals surface area contributed by atoms with Crippen molar-refractivity contribution in [2.45, 2.75) is 19.8 Å². The van der Waals surface area contributed by atoms with Crippen LogP contribution in [-0.2, 0) is 4.74 Å². The molecule has 0 spiro atoms. The average Bonchev–Trinajstić information content (AvgIpc) is 2.62. The van der Waals surface area contributed by atoms with Gasteiger partial charge in [0.1, 0.15) is 0 Å². The fourth-order valence-corrected chi connectivity index (χ4v) is 3.14. The molecular weight excluding hydrogens is 357 g/mol. The number of pyridine rings is 1. The number of unbranched alkanes of at least 4 members (excludes halogenated alkanes) is 1. The van der Waals surface area contributed by atoms with E-state index >= 15 is 0 Å². The molecule has 0 saturated carbocycles. The molecule has 3 aromatic rings. The lowest BCUT2D eigenvalue weighted by molar-refractivity contribution is 0.0500. The van der Waals surface area contributed by atoms with Gasteiger partial charge in [-0.2, -0.15) is 0 Å². The van der Waals surface area contributed by atoms with E-state index in [1.54, 1.807) is 18.5 Å². The van der Waals surface area contributed by atoms with Crippen LogP contribution in [0.5, 0.6) is 0 Å². The highest BCUT2D eigenvalue weighted by Crippen LogP contribution is 2.38. The fourth-order valence-electron chi connectivity index (χ4n) is 2.66. The van der Waals surface area contributed by atoms with E-state index in [4.69, 9.17) is 27.9 Å². The van der Waals surface area contributed by atoms with Crippen LogP contribution in [0.4, 0.5) is 0 Å². The van der Waals surface area contributed by atoms with Crippen molar-refractivity contribution in [2.75, 3.05) is 6.61 Å². The number of halogens is 2. The smallest absolute Gasteiger partial charge is 0.338 e. The van der Waals surface area contributed by atoms with E-state index < -0.39 is 0 Å². The predicted octanol–water partition coefficient (Wildman–Crippen LogP) is 6.17. The molecule has 0 aliphatic rings. The van der Waals surface area contributed by atoms with Crippen molar-refractivity contribution >= 4 is 39.9 Å². The summed E-state index contributed by atoms with van der Waals surface area (Å²) in [7, 11) is 0. The number of ether oxygens (including phenoxy) is 1. The van der Waals surface area contributed by atoms with Crippen LogP contribution in [0.1, 0.15) is 30.1 Å². The highest BCUT2D eigenvalue weighted by atomic mass is 35.5. The number of benzene rings is 2. The Labute approximate surface area is 156 Å². The van der Waals surface area contributed by atoms with Gasteiger partial charge in [0.05, 0.1) is 17.2 Å². The zero-order valence-electron chi connectivity index (χ0n) is 13.8. The fraction of sp³-hybridized carbons (Fsp3) is 0.200. The van der Waals surface area contributed by atoms with Crippen molar-refractivity contribution in [3.05, 3.63) is 64.4 Å². The molecule has 0 unspecified atom stereocenters. The highest BCUT2D eigenvalue weighted by molar-refractivity contribution is 6.38. The second kappa shape index (κ2) is 7.85. The molecule has 5 heteroatoms. The second-order valence-electron chi connectivity index (χ2n) is 5.70. The molecule has 3 nitrogen and oxygen atoms in total. The number of hydrogen-bond donors (Lipinski definition) is 0. The van der Waals surface area contributed by atoms with Crippen LogP contribution >= 0.6 is 23.2 Å². The minimum atomic E-state index is -0.331. The lowest BCUT2D eigenvalue weighted by atomic mass is 9.97. The van der Waals surface area contributed by atoms with E-state index in [-0.39, 0.29) is 5.97 Å². The molecule has 0 aliphatic carbocycles. The van der Waals surface area contributed by atoms with Gasteiger partial charge in [0, 0.05) is 28.5 Å². The SMILES string of the molecule is CCCCOC(=O)c1ccc2ccc(Cl)c(-c3ccncc3Cl)c2c1. The zero-order chi connectivity index (χ0) is 17.8. The molecule has 0 saturated heterocycles. The molecule has 0 atom stereocenters. The largest absolute Gasteiger partial charge is 0.462 e. The van der Waals surface area contributed by atoms with Crippen molar-refractivity contribution < 1.29 is 9.53 Å². The molecule has 0 N–H and O–H groups in total. The third-order valence-corrected chi connectivity index (χ3v) is 4.60. The minimum Gasteiger partial charge on any atom is -0.462 e. The molecule has 0 fully saturated rings. The Balaban J connectivity index is 2.10. The van der Waals surface area contributed by atoms with Gasteiger partial charge >= 0.3 is 5.97 Å². The number of rotatable bonds is 5. The quantitative estimate of drug-likeness (QED) is 0.396. The summed E-state index contributed by atoms with van der Waals surface area (Å²) in [6.45, 7) is 2.47. The lowest BCUT2D eigenvalue weighted by Crippen LogP contribution is -2.06. The number of carbonyl (C=O) groups excluding carboxylic acids is 1. The van der Waals surface area contributed by atoms with E-state index in [0.717, 1.165) is 34.7 Å². The van der Waals surface area contributed by atoms with Gasteiger partial charge < -0.3 is 4.74 Å². The normalized spacial score (nSPS) is 10.8. The molecule has 1 heterocycles. The molecule has 0 bridgehead atoms. The summed E-state index contributed by atoms with van der Waals surface area (Å²) in [5.74, 6) is -0.331. The number of nitrogens with zero attached hydrogens (tertiary/aromatic N) is 1. The first kappa shape index (κ1) is 17.7. The predicted molar refractivity (Wildman–Crippen MR) is 102 cm³/mol. The van der Waals surface area contributed by atoms with Gasteiger partial charge in [-0.25, -0.2) is 4.79 Å². The van der Waals surface area contributed by atoms with Gasteiger partial charge in [0.15, 0.2) is 0 Å². The van der Waals surface area contributed by atoms with Crippen molar-refractivity contribution in [3.8, 4) is 11.1 Å². The third kappa shape index (κ3) is 3.78. The van der Waals surface area contributed by atoms with Crippen molar-refractivity contribution in [1.82, 2.24) is 4.98 Å². The Hall–Kier alpha value is -2.10. The molecule has 128 valence electrons. The van der Waals surface area contributed by atoms with E-state index in [2.05, 4.69) is 11.9 Å². The number of fused-ring (bicyclic) bond motifs is 1. The van der Waals surface area contributed by atoms with Gasteiger partial charge in [-0.15, -0.1) is 0 Å². The van der Waals surface area contributed by atoms with Crippen LogP contribution in [-0.4, -0.2) is 17.6 Å². The molecule has 0 radical (unpaired) electrons. The Morgan fingerprint density at radius 2 is 1.92 bits per heavy atom. The summed E-state index contributed by atoms with van der Waals surface area (Å²) in [4.78, 5) is 16.3. The lowest BCUT2D eigenvalue weighted by Gasteiger charge is -2.12. The highest BCUT2D eigenvalue weighted by Gasteiger charge is 2.15. The van der Waals surface area contributed by atoms with Crippen LogP contribution in [0.15, 0.2) is 48.8 Å². The number of hydrogen-bond acceptors (Lipinski definition) is 3. The molecule has 1 aromatic heterocycles. The van der Waals surface area contributed by atoms with Gasteiger partial charge in [-0.1, -0.05) is 48.7 Å². The van der Waals surface area contributed by atoms with Crippen LogP contribution in [0.3, 0.4) is 0 Å².